The van der Waals surface area contributed by atoms with Crippen molar-refractivity contribution in [2.24, 2.45) is 0 Å². The molecule has 4 N–H and O–H groups in total. The van der Waals surface area contributed by atoms with E-state index < -0.39 is 112 Å². The number of ether oxygens (including phenoxy) is 1. The lowest BCUT2D eigenvalue weighted by molar-refractivity contribution is -0.452. The molecule has 0 spiro atoms. The van der Waals surface area contributed by atoms with Crippen LogP contribution in [0, 0.1) is 0 Å². The van der Waals surface area contributed by atoms with Crippen LogP contribution in [-0.4, -0.2) is 106 Å². The molecule has 5 unspecified atom stereocenters. The van der Waals surface area contributed by atoms with E-state index in [1.807, 2.05) is 6.92 Å². The first-order chi connectivity index (χ1) is 22.4. The number of hydrogen-bond donors (Lipinski definition) is 4. The molecule has 0 radical (unpaired) electrons. The number of rotatable bonds is 21. The molecule has 1 fully saturated rings. The monoisotopic (exact) mass is 795 g/mol. The van der Waals surface area contributed by atoms with Crippen LogP contribution < -0.4 is 4.89 Å². The lowest BCUT2D eigenvalue weighted by atomic mass is 9.89. The minimum atomic E-state index is -8.47. The predicted octanol–water partition coefficient (Wildman–Crippen LogP) is 5.95. The van der Waals surface area contributed by atoms with Crippen molar-refractivity contribution in [3.63, 3.8) is 0 Å². The molecule has 50 heavy (non-hydrogen) atoms. The molecule has 0 saturated carbocycles. The zero-order chi connectivity index (χ0) is 39.4. The minimum absolute atomic E-state index is 0.160. The smallest absolute Gasteiger partial charge is 0.460 e. The quantitative estimate of drug-likeness (QED) is 0.0629. The molecule has 300 valence electrons. The van der Waals surface area contributed by atoms with Gasteiger partial charge in [-0.25, -0.2) is 0 Å². The summed E-state index contributed by atoms with van der Waals surface area (Å²) in [5.74, 6) is -47.7. The van der Waals surface area contributed by atoms with Gasteiger partial charge in [0.2, 0.25) is 0 Å². The molecule has 7 atom stereocenters. The van der Waals surface area contributed by atoms with Crippen LogP contribution in [0.5, 0.6) is 0 Å². The van der Waals surface area contributed by atoms with Crippen molar-refractivity contribution in [3.8, 4) is 0 Å². The average Bonchev–Trinajstić information content (AvgIpc) is 2.98. The summed E-state index contributed by atoms with van der Waals surface area (Å²) in [5, 5.41) is 38.5. The summed E-state index contributed by atoms with van der Waals surface area (Å²) >= 11 is 0. The van der Waals surface area contributed by atoms with Gasteiger partial charge in [-0.05, 0) is 12.8 Å². The average molecular weight is 795 g/mol. The second kappa shape index (κ2) is 16.9. The first-order valence-corrected chi connectivity index (χ1v) is 16.2. The molecule has 1 heterocycles. The van der Waals surface area contributed by atoms with E-state index in [-0.39, 0.29) is 12.8 Å². The zero-order valence-electron chi connectivity index (χ0n) is 25.7. The van der Waals surface area contributed by atoms with E-state index >= 15 is 0 Å². The molecule has 1 saturated heterocycles. The van der Waals surface area contributed by atoms with Crippen molar-refractivity contribution >= 4 is 7.82 Å². The van der Waals surface area contributed by atoms with E-state index in [0.29, 0.717) is 12.8 Å². The Hall–Kier alpha value is -1.14. The third-order valence-corrected chi connectivity index (χ3v) is 8.69. The van der Waals surface area contributed by atoms with Crippen LogP contribution in [0.15, 0.2) is 0 Å². The summed E-state index contributed by atoms with van der Waals surface area (Å²) in [6.45, 7) is 0.541. The van der Waals surface area contributed by atoms with Gasteiger partial charge in [-0.15, -0.1) is 0 Å². The number of alkyl halides is 15. The number of halogens is 15. The fourth-order valence-electron chi connectivity index (χ4n) is 4.52. The Morgan fingerprint density at radius 1 is 0.660 bits per heavy atom. The first-order valence-electron chi connectivity index (χ1n) is 14.7. The maximum atomic E-state index is 14.5. The predicted molar refractivity (Wildman–Crippen MR) is 135 cm³/mol. The fraction of sp³-hybridized carbons (Fsp3) is 1.00. The molecule has 0 aliphatic carbocycles. The van der Waals surface area contributed by atoms with Crippen molar-refractivity contribution in [3.05, 3.63) is 0 Å². The Kier molecular flexibility index (Phi) is 15.8. The highest BCUT2D eigenvalue weighted by Gasteiger charge is 2.93. The van der Waals surface area contributed by atoms with Crippen molar-refractivity contribution < 1.29 is 110 Å². The Morgan fingerprint density at radius 3 is 1.62 bits per heavy atom. The zero-order valence-corrected chi connectivity index (χ0v) is 26.6. The highest BCUT2D eigenvalue weighted by molar-refractivity contribution is 7.45. The van der Waals surface area contributed by atoms with Crippen LogP contribution >= 0.6 is 7.82 Å². The van der Waals surface area contributed by atoms with Gasteiger partial charge in [-0.1, -0.05) is 51.9 Å². The molecule has 0 bridgehead atoms. The van der Waals surface area contributed by atoms with E-state index in [9.17, 15) is 95.7 Å². The second-order valence-electron chi connectivity index (χ2n) is 11.5. The standard InChI is InChI=1S/C25H36F15O9P/c1-2-3-4-5-6-7-8-9-13(49-50(45,46)47-12-14-15(41)16(42)17(43)18(44)48-14)10-11-19(26,27)20(28,29)21(30,31)22(32,33)23(34,35)24(36,37)25(38,39)40/h13-18,41-44H,2-12H2,1H3,(H,45,46)/p-1/t13?,14?,15-,16-,17?,18?/m0/s1. The van der Waals surface area contributed by atoms with Gasteiger partial charge in [0.15, 0.2) is 6.29 Å². The highest BCUT2D eigenvalue weighted by Crippen LogP contribution is 2.63. The van der Waals surface area contributed by atoms with Crippen LogP contribution in [0.2, 0.25) is 0 Å². The maximum absolute atomic E-state index is 14.5. The van der Waals surface area contributed by atoms with Gasteiger partial charge in [-0.3, -0.25) is 4.57 Å². The number of phosphoric ester groups is 1. The van der Waals surface area contributed by atoms with Crippen molar-refractivity contribution in [1.29, 1.82) is 0 Å². The molecule has 0 aromatic rings. The summed E-state index contributed by atoms with van der Waals surface area (Å²) in [6, 6.07) is 0. The lowest BCUT2D eigenvalue weighted by Crippen LogP contribution is -2.72. The fourth-order valence-corrected chi connectivity index (χ4v) is 5.49. The van der Waals surface area contributed by atoms with Crippen LogP contribution in [0.3, 0.4) is 0 Å². The lowest BCUT2D eigenvalue weighted by Gasteiger charge is -2.41. The minimum Gasteiger partial charge on any atom is -0.756 e. The third-order valence-electron chi connectivity index (χ3n) is 7.66. The Balaban J connectivity index is 3.23. The maximum Gasteiger partial charge on any atom is 0.460 e. The molecule has 0 aromatic heterocycles. The van der Waals surface area contributed by atoms with Gasteiger partial charge in [-0.2, -0.15) is 65.9 Å². The molecule has 9 nitrogen and oxygen atoms in total. The van der Waals surface area contributed by atoms with Gasteiger partial charge in [0.05, 0.1) is 12.7 Å². The summed E-state index contributed by atoms with van der Waals surface area (Å²) in [4.78, 5) is 12.4. The van der Waals surface area contributed by atoms with Gasteiger partial charge in [0.1, 0.15) is 24.4 Å². The molecular formula is C25H35F15O9P-. The second-order valence-corrected chi connectivity index (χ2v) is 12.9. The Bertz CT molecular complexity index is 1110. The summed E-state index contributed by atoms with van der Waals surface area (Å²) < 4.78 is 229. The van der Waals surface area contributed by atoms with Gasteiger partial charge >= 0.3 is 41.7 Å². The normalized spacial score (nSPS) is 25.4. The largest absolute Gasteiger partial charge is 0.756 e. The third kappa shape index (κ3) is 10.1. The first kappa shape index (κ1) is 46.9. The van der Waals surface area contributed by atoms with E-state index in [1.54, 1.807) is 0 Å². The van der Waals surface area contributed by atoms with E-state index in [1.165, 1.54) is 0 Å². The number of hydrogen-bond acceptors (Lipinski definition) is 9. The molecule has 1 aliphatic heterocycles. The number of unbranched alkanes of at least 4 members (excludes halogenated alkanes) is 6. The molecule has 25 heteroatoms. The SMILES string of the molecule is CCCCCCCCCC(CCC(F)(F)C(F)(F)C(F)(F)C(F)(F)C(F)(F)C(F)(F)C(F)(F)F)OP(=O)([O-])OCC1OC(O)C(O)[C@@H](O)[C@H]1O. The van der Waals surface area contributed by atoms with Gasteiger partial charge in [0.25, 0.3) is 7.82 Å². The van der Waals surface area contributed by atoms with E-state index in [2.05, 4.69) is 13.8 Å². The summed E-state index contributed by atoms with van der Waals surface area (Å²) in [5.41, 5.74) is 0. The van der Waals surface area contributed by atoms with Crippen molar-refractivity contribution in [2.75, 3.05) is 6.61 Å². The summed E-state index contributed by atoms with van der Waals surface area (Å²) in [6.07, 6.45) is -22.4. The number of aliphatic hydroxyl groups is 4. The molecule has 0 aromatic carbocycles. The molecule has 1 aliphatic rings. The summed E-state index contributed by atoms with van der Waals surface area (Å²) in [7, 11) is -5.86. The molecular weight excluding hydrogens is 760 g/mol. The Labute approximate surface area is 274 Å². The van der Waals surface area contributed by atoms with E-state index in [4.69, 9.17) is 0 Å². The number of aliphatic hydroxyl groups excluding tert-OH is 4. The Morgan fingerprint density at radius 2 is 1.12 bits per heavy atom. The molecule has 0 amide bonds. The van der Waals surface area contributed by atoms with Crippen LogP contribution in [-0.2, 0) is 18.3 Å². The highest BCUT2D eigenvalue weighted by atomic mass is 31.2. The van der Waals surface area contributed by atoms with Crippen molar-refractivity contribution in [1.82, 2.24) is 0 Å². The van der Waals surface area contributed by atoms with E-state index in [0.717, 1.165) is 19.3 Å². The van der Waals surface area contributed by atoms with Crippen molar-refractivity contribution in [2.45, 2.75) is 150 Å². The molecule has 1 rings (SSSR count). The topological polar surface area (TPSA) is 149 Å². The van der Waals surface area contributed by atoms with Crippen LogP contribution in [0.4, 0.5) is 65.9 Å². The van der Waals surface area contributed by atoms with Crippen LogP contribution in [0.25, 0.3) is 0 Å². The number of phosphoric acid groups is 1. The van der Waals surface area contributed by atoms with Gasteiger partial charge in [0, 0.05) is 6.42 Å². The van der Waals surface area contributed by atoms with Gasteiger partial charge < -0.3 is 39.1 Å². The van der Waals surface area contributed by atoms with Crippen LogP contribution in [0.1, 0.15) is 71.1 Å².